The monoisotopic (exact) mass is 670 g/mol. The van der Waals surface area contributed by atoms with Crippen molar-refractivity contribution in [3.8, 4) is 0 Å². The molecule has 1 aliphatic carbocycles. The number of methoxy groups -OCH3 is 1. The van der Waals surface area contributed by atoms with Crippen LogP contribution in [-0.4, -0.2) is 88.5 Å². The van der Waals surface area contributed by atoms with Gasteiger partial charge >= 0.3 is 5.97 Å². The number of benzene rings is 2. The third kappa shape index (κ3) is 6.31. The summed E-state index contributed by atoms with van der Waals surface area (Å²) >= 11 is 13.5. The lowest BCUT2D eigenvalue weighted by atomic mass is 9.87. The molecule has 2 aliphatic heterocycles. The molecule has 3 aliphatic rings. The minimum atomic E-state index is -1.33. The first kappa shape index (κ1) is 32.9. The van der Waals surface area contributed by atoms with Crippen molar-refractivity contribution < 1.29 is 29.0 Å². The molecule has 12 heteroatoms. The highest BCUT2D eigenvalue weighted by atomic mass is 35.5. The number of fused-ring (bicyclic) bond motifs is 1. The number of rotatable bonds is 11. The fraction of sp³-hybridized carbons (Fsp3) is 0.500. The number of aryl methyl sites for hydroxylation is 1. The molecule has 0 bridgehead atoms. The van der Waals surface area contributed by atoms with Crippen molar-refractivity contribution in [3.63, 3.8) is 0 Å². The van der Waals surface area contributed by atoms with Gasteiger partial charge in [-0.1, -0.05) is 41.4 Å². The molecule has 1 saturated carbocycles. The van der Waals surface area contributed by atoms with Crippen LogP contribution < -0.4 is 5.32 Å². The first-order valence-electron chi connectivity index (χ1n) is 15.9. The number of carbonyl (C=O) groups is 3. The quantitative estimate of drug-likeness (QED) is 0.272. The van der Waals surface area contributed by atoms with Gasteiger partial charge in [0.15, 0.2) is 5.78 Å². The molecule has 1 unspecified atom stereocenters. The Labute approximate surface area is 278 Å². The molecule has 3 aromatic rings. The summed E-state index contributed by atoms with van der Waals surface area (Å²) in [4.78, 5) is 43.7. The number of hydrogen-bond acceptors (Lipinski definition) is 7. The van der Waals surface area contributed by atoms with E-state index >= 15 is 0 Å². The molecule has 2 N–H and O–H groups in total. The zero-order valence-electron chi connectivity index (χ0n) is 26.1. The van der Waals surface area contributed by atoms with E-state index in [0.717, 1.165) is 23.7 Å². The van der Waals surface area contributed by atoms with Crippen molar-refractivity contribution in [1.29, 1.82) is 0 Å². The third-order valence-electron chi connectivity index (χ3n) is 9.74. The zero-order chi connectivity index (χ0) is 32.6. The Morgan fingerprint density at radius 1 is 0.978 bits per heavy atom. The topological polar surface area (TPSA) is 113 Å². The molecule has 46 heavy (non-hydrogen) atoms. The number of amides is 1. The van der Waals surface area contributed by atoms with Gasteiger partial charge in [0, 0.05) is 68.9 Å². The first-order valence-corrected chi connectivity index (χ1v) is 16.7. The summed E-state index contributed by atoms with van der Waals surface area (Å²) in [5.74, 6) is -2.98. The van der Waals surface area contributed by atoms with Crippen LogP contribution in [0.25, 0.3) is 10.9 Å². The average molecular weight is 672 g/mol. The summed E-state index contributed by atoms with van der Waals surface area (Å²) in [6.07, 6.45) is 5.53. The normalized spacial score (nSPS) is 22.4. The predicted molar refractivity (Wildman–Crippen MR) is 176 cm³/mol. The Morgan fingerprint density at radius 3 is 2.35 bits per heavy atom. The van der Waals surface area contributed by atoms with Gasteiger partial charge in [0.2, 0.25) is 5.85 Å². The fourth-order valence-corrected chi connectivity index (χ4v) is 7.57. The smallest absolute Gasteiger partial charge is 0.306 e. The molecule has 1 aromatic heterocycles. The number of carboxylic acid groups (broad SMARTS) is 1. The van der Waals surface area contributed by atoms with E-state index in [-0.39, 0.29) is 41.3 Å². The second-order valence-corrected chi connectivity index (χ2v) is 13.5. The molecule has 3 heterocycles. The van der Waals surface area contributed by atoms with Gasteiger partial charge in [-0.05, 0) is 62.3 Å². The van der Waals surface area contributed by atoms with E-state index in [2.05, 4.69) is 10.2 Å². The SMILES string of the molecule is COC1CN(C(OC2CCC(C(=O)O)CC2)(C(=O)Cc2cc(Cl)c(NC(=O)c3cn(C)c4ccccc34)cc2Cl)N2CCCC2)C1. The molecule has 1 atom stereocenters. The fourth-order valence-electron chi connectivity index (χ4n) is 7.10. The van der Waals surface area contributed by atoms with E-state index in [4.69, 9.17) is 32.7 Å². The number of nitrogens with zero attached hydrogens (tertiary/aromatic N) is 3. The minimum absolute atomic E-state index is 0.0104. The summed E-state index contributed by atoms with van der Waals surface area (Å²) < 4.78 is 14.3. The number of carbonyl (C=O) groups excluding carboxylic acids is 2. The first-order chi connectivity index (χ1) is 22.1. The molecule has 6 rings (SSSR count). The number of Topliss-reactive ketones (excluding diaryl/α,β-unsaturated/α-hetero) is 1. The van der Waals surface area contributed by atoms with Gasteiger partial charge in [0.1, 0.15) is 0 Å². The molecular formula is C34H40Cl2N4O6. The number of halogens is 2. The number of carboxylic acids is 1. The number of nitrogens with one attached hydrogen (secondary N) is 1. The number of para-hydroxylation sites is 1. The Morgan fingerprint density at radius 2 is 1.67 bits per heavy atom. The van der Waals surface area contributed by atoms with E-state index in [1.165, 1.54) is 0 Å². The zero-order valence-corrected chi connectivity index (χ0v) is 27.6. The van der Waals surface area contributed by atoms with Gasteiger partial charge in [-0.3, -0.25) is 24.2 Å². The van der Waals surface area contributed by atoms with Crippen molar-refractivity contribution in [3.05, 3.63) is 63.8 Å². The average Bonchev–Trinajstić information content (AvgIpc) is 3.68. The highest BCUT2D eigenvalue weighted by Gasteiger charge is 2.56. The van der Waals surface area contributed by atoms with Crippen LogP contribution in [0.2, 0.25) is 10.0 Å². The molecule has 0 spiro atoms. The van der Waals surface area contributed by atoms with E-state index < -0.39 is 11.8 Å². The van der Waals surface area contributed by atoms with Crippen LogP contribution >= 0.6 is 23.2 Å². The Balaban J connectivity index is 1.25. The molecule has 1 amide bonds. The van der Waals surface area contributed by atoms with Gasteiger partial charge < -0.3 is 24.5 Å². The highest BCUT2D eigenvalue weighted by molar-refractivity contribution is 6.36. The standard InChI is InChI=1S/C34H40Cl2N4O6/c1-38-20-26(25-7-3-4-8-30(25)38)32(42)37-29-17-27(35)22(15-28(29)36)16-31(41)34(39-13-5-6-14-39,40-18-24(19-40)45-2)46-23-11-9-21(10-12-23)33(43)44/h3-4,7-8,15,17,20-21,23-24H,5-6,9-14,16,18-19H2,1-2H3,(H,37,42)(H,43,44). The molecule has 2 saturated heterocycles. The highest BCUT2D eigenvalue weighted by Crippen LogP contribution is 2.39. The van der Waals surface area contributed by atoms with Gasteiger partial charge in [-0.25, -0.2) is 0 Å². The Bertz CT molecular complexity index is 1630. The summed E-state index contributed by atoms with van der Waals surface area (Å²) in [6, 6.07) is 10.9. The van der Waals surface area contributed by atoms with Gasteiger partial charge in [-0.2, -0.15) is 0 Å². The molecule has 3 fully saturated rings. The maximum Gasteiger partial charge on any atom is 0.306 e. The summed E-state index contributed by atoms with van der Waals surface area (Å²) in [5, 5.41) is 13.8. The lowest BCUT2D eigenvalue weighted by molar-refractivity contribution is -0.282. The molecule has 2 aromatic carbocycles. The lowest BCUT2D eigenvalue weighted by Gasteiger charge is -2.55. The maximum absolute atomic E-state index is 14.6. The number of anilines is 1. The summed E-state index contributed by atoms with van der Waals surface area (Å²) in [7, 11) is 3.55. The lowest BCUT2D eigenvalue weighted by Crippen LogP contribution is -2.74. The number of aromatic nitrogens is 1. The van der Waals surface area contributed by atoms with Crippen LogP contribution in [-0.2, 0) is 32.5 Å². The van der Waals surface area contributed by atoms with Crippen LogP contribution in [0, 0.1) is 5.92 Å². The number of likely N-dealkylation sites (tertiary alicyclic amines) is 2. The second kappa shape index (κ2) is 13.6. The summed E-state index contributed by atoms with van der Waals surface area (Å²) in [6.45, 7) is 2.49. The maximum atomic E-state index is 14.6. The van der Waals surface area contributed by atoms with Crippen molar-refractivity contribution in [2.45, 2.75) is 63.0 Å². The molecule has 10 nitrogen and oxygen atoms in total. The van der Waals surface area contributed by atoms with Crippen LogP contribution in [0.3, 0.4) is 0 Å². The second-order valence-electron chi connectivity index (χ2n) is 12.6. The van der Waals surface area contributed by atoms with E-state index in [1.54, 1.807) is 25.4 Å². The van der Waals surface area contributed by atoms with E-state index in [0.29, 0.717) is 73.7 Å². The number of aliphatic carboxylic acids is 1. The molecule has 246 valence electrons. The van der Waals surface area contributed by atoms with Crippen molar-refractivity contribution in [1.82, 2.24) is 14.4 Å². The van der Waals surface area contributed by atoms with Crippen molar-refractivity contribution >= 4 is 57.5 Å². The largest absolute Gasteiger partial charge is 0.481 e. The third-order valence-corrected chi connectivity index (χ3v) is 10.4. The number of ether oxygens (including phenoxy) is 2. The van der Waals surface area contributed by atoms with Crippen molar-refractivity contribution in [2.24, 2.45) is 13.0 Å². The van der Waals surface area contributed by atoms with Gasteiger partial charge in [0.25, 0.3) is 5.91 Å². The number of ketones is 1. The minimum Gasteiger partial charge on any atom is -0.481 e. The van der Waals surface area contributed by atoms with Crippen LogP contribution in [0.1, 0.15) is 54.4 Å². The Kier molecular flexibility index (Phi) is 9.75. The van der Waals surface area contributed by atoms with Crippen LogP contribution in [0.15, 0.2) is 42.6 Å². The summed E-state index contributed by atoms with van der Waals surface area (Å²) in [5.41, 5.74) is 2.33. The Hall–Kier alpha value is -2.99. The van der Waals surface area contributed by atoms with E-state index in [1.807, 2.05) is 40.8 Å². The van der Waals surface area contributed by atoms with Gasteiger partial charge in [-0.15, -0.1) is 0 Å². The molecule has 0 radical (unpaired) electrons. The number of hydrogen-bond donors (Lipinski definition) is 2. The molecular weight excluding hydrogens is 631 g/mol. The van der Waals surface area contributed by atoms with Crippen LogP contribution in [0.4, 0.5) is 5.69 Å². The van der Waals surface area contributed by atoms with Gasteiger partial charge in [0.05, 0.1) is 34.4 Å². The van der Waals surface area contributed by atoms with E-state index in [9.17, 15) is 19.5 Å². The van der Waals surface area contributed by atoms with Crippen LogP contribution in [0.5, 0.6) is 0 Å². The van der Waals surface area contributed by atoms with Crippen molar-refractivity contribution in [2.75, 3.05) is 38.6 Å². The predicted octanol–water partition coefficient (Wildman–Crippen LogP) is 5.59.